The zero-order valence-electron chi connectivity index (χ0n) is 10.1. The summed E-state index contributed by atoms with van der Waals surface area (Å²) >= 11 is 0. The van der Waals surface area contributed by atoms with Crippen LogP contribution in [0, 0.1) is 0 Å². The molecule has 3 rings (SSSR count). The molecule has 2 aromatic heterocycles. The molecule has 19 heavy (non-hydrogen) atoms. The molecule has 1 saturated heterocycles. The van der Waals surface area contributed by atoms with Gasteiger partial charge in [0.25, 0.3) is 0 Å². The lowest BCUT2D eigenvalue weighted by atomic mass is 10.2. The molecule has 2 aromatic rings. The summed E-state index contributed by atoms with van der Waals surface area (Å²) in [6.45, 7) is -0.226. The van der Waals surface area contributed by atoms with Crippen LogP contribution in [0.5, 0.6) is 0 Å². The van der Waals surface area contributed by atoms with Gasteiger partial charge in [0.05, 0.1) is 18.1 Å². The summed E-state index contributed by atoms with van der Waals surface area (Å²) in [6, 6.07) is 1.77. The van der Waals surface area contributed by atoms with Gasteiger partial charge in [-0.15, -0.1) is 0 Å². The van der Waals surface area contributed by atoms with Crippen molar-refractivity contribution in [1.82, 2.24) is 14.5 Å². The molecule has 3 heterocycles. The Kier molecular flexibility index (Phi) is 2.77. The third-order valence-corrected chi connectivity index (χ3v) is 3.31. The Morgan fingerprint density at radius 2 is 2.21 bits per heavy atom. The number of fused-ring (bicyclic) bond motifs is 1. The minimum absolute atomic E-state index is 0.0854. The first-order chi connectivity index (χ1) is 9.10. The van der Waals surface area contributed by atoms with Crippen LogP contribution in [-0.4, -0.2) is 43.6 Å². The van der Waals surface area contributed by atoms with Crippen LogP contribution in [0.3, 0.4) is 0 Å². The number of rotatable bonds is 2. The topological polar surface area (TPSA) is 132 Å². The average molecular weight is 265 g/mol. The van der Waals surface area contributed by atoms with E-state index >= 15 is 0 Å². The lowest BCUT2D eigenvalue weighted by Crippen LogP contribution is -2.24. The smallest absolute Gasteiger partial charge is 0.223 e. The van der Waals surface area contributed by atoms with Gasteiger partial charge in [0.2, 0.25) is 5.95 Å². The summed E-state index contributed by atoms with van der Waals surface area (Å²) < 4.78 is 7.31. The molecule has 6 N–H and O–H groups in total. The van der Waals surface area contributed by atoms with Crippen LogP contribution in [0.1, 0.15) is 12.6 Å². The SMILES string of the molecule is Nc1nc(N)c2ccn([C@@H]3C[C@@H](O)[C@H](CO)O3)c2n1. The van der Waals surface area contributed by atoms with E-state index in [1.54, 1.807) is 16.8 Å². The number of hydrogen-bond donors (Lipinski definition) is 4. The Morgan fingerprint density at radius 3 is 2.89 bits per heavy atom. The van der Waals surface area contributed by atoms with Gasteiger partial charge >= 0.3 is 0 Å². The molecule has 0 aromatic carbocycles. The zero-order chi connectivity index (χ0) is 13.6. The van der Waals surface area contributed by atoms with Gasteiger partial charge in [-0.05, 0) is 6.07 Å². The molecule has 8 nitrogen and oxygen atoms in total. The quantitative estimate of drug-likeness (QED) is 0.560. The molecule has 0 unspecified atom stereocenters. The molecule has 0 amide bonds. The first-order valence-electron chi connectivity index (χ1n) is 5.94. The van der Waals surface area contributed by atoms with E-state index in [1.165, 1.54) is 0 Å². The van der Waals surface area contributed by atoms with E-state index in [9.17, 15) is 5.11 Å². The van der Waals surface area contributed by atoms with E-state index in [1.807, 2.05) is 0 Å². The molecule has 1 aliphatic heterocycles. The molecule has 102 valence electrons. The highest BCUT2D eigenvalue weighted by Crippen LogP contribution is 2.32. The van der Waals surface area contributed by atoms with Crippen LogP contribution in [0.25, 0.3) is 11.0 Å². The first-order valence-corrected chi connectivity index (χ1v) is 5.94. The number of aliphatic hydroxyl groups is 2. The van der Waals surface area contributed by atoms with E-state index in [0.717, 1.165) is 0 Å². The molecule has 0 saturated carbocycles. The summed E-state index contributed by atoms with van der Waals surface area (Å²) in [4.78, 5) is 8.03. The molecule has 8 heteroatoms. The summed E-state index contributed by atoms with van der Waals surface area (Å²) in [6.07, 6.45) is 0.437. The van der Waals surface area contributed by atoms with Crippen LogP contribution < -0.4 is 11.5 Å². The fraction of sp³-hybridized carbons (Fsp3) is 0.455. The van der Waals surface area contributed by atoms with Crippen molar-refractivity contribution in [3.63, 3.8) is 0 Å². The Labute approximate surface area is 108 Å². The highest BCUT2D eigenvalue weighted by atomic mass is 16.5. The normalized spacial score (nSPS) is 27.2. The summed E-state index contributed by atoms with van der Waals surface area (Å²) in [5.41, 5.74) is 11.9. The molecule has 0 spiro atoms. The average Bonchev–Trinajstić information content (AvgIpc) is 2.92. The van der Waals surface area contributed by atoms with Crippen molar-refractivity contribution >= 4 is 22.8 Å². The molecule has 0 radical (unpaired) electrons. The van der Waals surface area contributed by atoms with Crippen LogP contribution in [0.2, 0.25) is 0 Å². The van der Waals surface area contributed by atoms with E-state index < -0.39 is 18.4 Å². The Morgan fingerprint density at radius 1 is 1.42 bits per heavy atom. The second kappa shape index (κ2) is 4.34. The number of nitrogens with two attached hydrogens (primary N) is 2. The van der Waals surface area contributed by atoms with Crippen LogP contribution >= 0.6 is 0 Å². The zero-order valence-corrected chi connectivity index (χ0v) is 10.1. The predicted octanol–water partition coefficient (Wildman–Crippen LogP) is -0.764. The van der Waals surface area contributed by atoms with Gasteiger partial charge in [0, 0.05) is 12.6 Å². The Hall–Kier alpha value is -1.90. The third-order valence-electron chi connectivity index (χ3n) is 3.31. The van der Waals surface area contributed by atoms with E-state index in [2.05, 4.69) is 9.97 Å². The van der Waals surface area contributed by atoms with Gasteiger partial charge in [0.1, 0.15) is 23.8 Å². The van der Waals surface area contributed by atoms with Crippen LogP contribution in [-0.2, 0) is 4.74 Å². The number of nitrogens with zero attached hydrogens (tertiary/aromatic N) is 3. The maximum Gasteiger partial charge on any atom is 0.223 e. The minimum Gasteiger partial charge on any atom is -0.394 e. The van der Waals surface area contributed by atoms with E-state index in [4.69, 9.17) is 21.3 Å². The highest BCUT2D eigenvalue weighted by Gasteiger charge is 2.35. The Balaban J connectivity index is 2.02. The molecule has 3 atom stereocenters. The van der Waals surface area contributed by atoms with Crippen LogP contribution in [0.15, 0.2) is 12.3 Å². The maximum absolute atomic E-state index is 9.76. The molecule has 1 fully saturated rings. The Bertz CT molecular complexity index is 614. The van der Waals surface area contributed by atoms with Crippen molar-refractivity contribution in [3.8, 4) is 0 Å². The van der Waals surface area contributed by atoms with Crippen LogP contribution in [0.4, 0.5) is 11.8 Å². The fourth-order valence-corrected chi connectivity index (χ4v) is 2.36. The molecule has 1 aliphatic rings. The van der Waals surface area contributed by atoms with Gasteiger partial charge in [-0.1, -0.05) is 0 Å². The van der Waals surface area contributed by atoms with Crippen molar-refractivity contribution in [1.29, 1.82) is 0 Å². The van der Waals surface area contributed by atoms with Gasteiger partial charge in [-0.25, -0.2) is 0 Å². The predicted molar refractivity (Wildman–Crippen MR) is 68.0 cm³/mol. The number of nitrogen functional groups attached to an aromatic ring is 2. The maximum atomic E-state index is 9.76. The van der Waals surface area contributed by atoms with Crippen molar-refractivity contribution in [3.05, 3.63) is 12.3 Å². The summed E-state index contributed by atoms with van der Waals surface area (Å²) in [7, 11) is 0. The summed E-state index contributed by atoms with van der Waals surface area (Å²) in [5, 5.41) is 19.5. The standard InChI is InChI=1S/C11H15N5O3/c12-9-5-1-2-16(10(5)15-11(13)14-9)8-3-6(18)7(4-17)19-8/h1-2,6-8,17-18H,3-4H2,(H4,12,13,14,15)/t6-,7+,8+/m1/s1. The van der Waals surface area contributed by atoms with Gasteiger partial charge in [0.15, 0.2) is 0 Å². The second-order valence-corrected chi connectivity index (χ2v) is 4.54. The second-order valence-electron chi connectivity index (χ2n) is 4.54. The monoisotopic (exact) mass is 265 g/mol. The van der Waals surface area contributed by atoms with Crippen molar-refractivity contribution < 1.29 is 14.9 Å². The van der Waals surface area contributed by atoms with E-state index in [-0.39, 0.29) is 12.6 Å². The number of hydrogen-bond acceptors (Lipinski definition) is 7. The fourth-order valence-electron chi connectivity index (χ4n) is 2.36. The largest absolute Gasteiger partial charge is 0.394 e. The lowest BCUT2D eigenvalue weighted by molar-refractivity contribution is -0.0430. The number of anilines is 2. The number of aromatic nitrogens is 3. The lowest BCUT2D eigenvalue weighted by Gasteiger charge is -2.14. The minimum atomic E-state index is -0.705. The summed E-state index contributed by atoms with van der Waals surface area (Å²) in [5.74, 6) is 0.390. The third kappa shape index (κ3) is 1.89. The van der Waals surface area contributed by atoms with Crippen molar-refractivity contribution in [2.24, 2.45) is 0 Å². The van der Waals surface area contributed by atoms with Gasteiger partial charge in [-0.2, -0.15) is 9.97 Å². The first kappa shape index (κ1) is 12.2. The molecular weight excluding hydrogens is 250 g/mol. The molecular formula is C11H15N5O3. The van der Waals surface area contributed by atoms with Crippen molar-refractivity contribution in [2.45, 2.75) is 24.9 Å². The molecule has 0 bridgehead atoms. The van der Waals surface area contributed by atoms with E-state index in [0.29, 0.717) is 23.3 Å². The van der Waals surface area contributed by atoms with Gasteiger partial charge in [-0.3, -0.25) is 0 Å². The number of ether oxygens (including phenoxy) is 1. The number of aliphatic hydroxyl groups excluding tert-OH is 2. The highest BCUT2D eigenvalue weighted by molar-refractivity contribution is 5.87. The van der Waals surface area contributed by atoms with Crippen molar-refractivity contribution in [2.75, 3.05) is 18.1 Å². The molecule has 0 aliphatic carbocycles. The van der Waals surface area contributed by atoms with Gasteiger partial charge < -0.3 is 31.0 Å².